The van der Waals surface area contributed by atoms with Gasteiger partial charge in [-0.3, -0.25) is 14.7 Å². The molecule has 2 unspecified atom stereocenters. The number of rotatable bonds is 8. The van der Waals surface area contributed by atoms with Gasteiger partial charge in [0.2, 0.25) is 5.91 Å². The molecular weight excluding hydrogens is 378 g/mol. The maximum atomic E-state index is 13.4. The Labute approximate surface area is 178 Å². The van der Waals surface area contributed by atoms with E-state index in [1.54, 1.807) is 12.4 Å². The van der Waals surface area contributed by atoms with Crippen molar-refractivity contribution < 1.29 is 9.53 Å². The number of carbonyl (C=O) groups excluding carboxylic acids is 1. The summed E-state index contributed by atoms with van der Waals surface area (Å²) in [4.78, 5) is 21.9. The van der Waals surface area contributed by atoms with Gasteiger partial charge in [-0.05, 0) is 36.1 Å². The molecule has 1 aromatic heterocycles. The lowest BCUT2D eigenvalue weighted by Crippen LogP contribution is -2.46. The molecule has 0 spiro atoms. The van der Waals surface area contributed by atoms with Gasteiger partial charge in [0.25, 0.3) is 0 Å². The van der Waals surface area contributed by atoms with Crippen LogP contribution in [0.4, 0.5) is 0 Å². The molecule has 2 fully saturated rings. The minimum Gasteiger partial charge on any atom is -0.379 e. The fraction of sp³-hybridized carbons (Fsp3) is 0.478. The summed E-state index contributed by atoms with van der Waals surface area (Å²) >= 11 is 0. The van der Waals surface area contributed by atoms with Crippen LogP contribution in [0.5, 0.6) is 0 Å². The van der Waals surface area contributed by atoms with E-state index in [9.17, 15) is 4.79 Å². The average molecular weight is 410 g/mol. The Morgan fingerprint density at radius 2 is 1.87 bits per heavy atom. The first-order valence-electron chi connectivity index (χ1n) is 10.8. The molecule has 2 saturated heterocycles. The predicted molar refractivity (Wildman–Crippen MR) is 115 cm³/mol. The zero-order valence-corrected chi connectivity index (χ0v) is 17.4. The maximum Gasteiger partial charge on any atom is 0.241 e. The lowest BCUT2D eigenvalue weighted by Gasteiger charge is -2.29. The number of hydrogen-bond donors (Lipinski definition) is 2. The highest BCUT2D eigenvalue weighted by molar-refractivity contribution is 5.82. The highest BCUT2D eigenvalue weighted by atomic mass is 16.5. The highest BCUT2D eigenvalue weighted by Crippen LogP contribution is 2.23. The van der Waals surface area contributed by atoms with Crippen LogP contribution < -0.4 is 10.9 Å². The number of pyridine rings is 1. The molecule has 3 heterocycles. The molecule has 0 bridgehead atoms. The van der Waals surface area contributed by atoms with E-state index >= 15 is 0 Å². The summed E-state index contributed by atoms with van der Waals surface area (Å²) in [6.07, 6.45) is 5.28. The standard InChI is InChI=1S/C23H31N5O2/c29-23(22-17-21(25-26-22)20-5-2-1-3-6-20)28(18-19-7-9-24-10-8-19)12-4-11-27-13-15-30-16-14-27/h1-3,5-10,21-22,25-26H,4,11-18H2. The van der Waals surface area contributed by atoms with Crippen LogP contribution in [0, 0.1) is 0 Å². The lowest BCUT2D eigenvalue weighted by molar-refractivity contribution is -0.134. The molecule has 0 saturated carbocycles. The number of amides is 1. The second-order valence-electron chi connectivity index (χ2n) is 7.96. The molecule has 7 nitrogen and oxygen atoms in total. The van der Waals surface area contributed by atoms with E-state index in [4.69, 9.17) is 4.74 Å². The van der Waals surface area contributed by atoms with E-state index in [0.717, 1.165) is 57.8 Å². The van der Waals surface area contributed by atoms with Crippen molar-refractivity contribution in [2.45, 2.75) is 31.5 Å². The Kier molecular flexibility index (Phi) is 7.42. The van der Waals surface area contributed by atoms with Crippen molar-refractivity contribution in [1.82, 2.24) is 25.6 Å². The number of ether oxygens (including phenoxy) is 1. The number of nitrogens with one attached hydrogen (secondary N) is 2. The number of benzene rings is 1. The van der Waals surface area contributed by atoms with E-state index < -0.39 is 0 Å². The normalized spacial score (nSPS) is 22.1. The van der Waals surface area contributed by atoms with Gasteiger partial charge in [0.1, 0.15) is 6.04 Å². The summed E-state index contributed by atoms with van der Waals surface area (Å²) in [7, 11) is 0. The SMILES string of the molecule is O=C(C1CC(c2ccccc2)NN1)N(CCCN1CCOCC1)Cc1ccncc1. The zero-order valence-electron chi connectivity index (χ0n) is 17.4. The second-order valence-corrected chi connectivity index (χ2v) is 7.96. The molecular formula is C23H31N5O2. The molecule has 2 aliphatic heterocycles. The molecule has 2 atom stereocenters. The third-order valence-electron chi connectivity index (χ3n) is 5.84. The number of morpholine rings is 1. The van der Waals surface area contributed by atoms with Gasteiger partial charge in [-0.1, -0.05) is 30.3 Å². The van der Waals surface area contributed by atoms with Crippen molar-refractivity contribution in [3.63, 3.8) is 0 Å². The topological polar surface area (TPSA) is 69.7 Å². The zero-order chi connectivity index (χ0) is 20.6. The van der Waals surface area contributed by atoms with Crippen molar-refractivity contribution in [2.75, 3.05) is 39.4 Å². The molecule has 2 aromatic rings. The predicted octanol–water partition coefficient (Wildman–Crippen LogP) is 1.74. The number of nitrogens with zero attached hydrogens (tertiary/aromatic N) is 3. The number of aromatic nitrogens is 1. The highest BCUT2D eigenvalue weighted by Gasteiger charge is 2.32. The van der Waals surface area contributed by atoms with Crippen molar-refractivity contribution in [3.8, 4) is 0 Å². The molecule has 2 aliphatic rings. The first-order chi connectivity index (χ1) is 14.8. The third-order valence-corrected chi connectivity index (χ3v) is 5.84. The average Bonchev–Trinajstić information content (AvgIpc) is 3.30. The van der Waals surface area contributed by atoms with E-state index in [-0.39, 0.29) is 18.0 Å². The van der Waals surface area contributed by atoms with Crippen LogP contribution in [0.3, 0.4) is 0 Å². The molecule has 7 heteroatoms. The first-order valence-corrected chi connectivity index (χ1v) is 10.8. The van der Waals surface area contributed by atoms with Crippen molar-refractivity contribution >= 4 is 5.91 Å². The summed E-state index contributed by atoms with van der Waals surface area (Å²) in [6, 6.07) is 14.2. The van der Waals surface area contributed by atoms with E-state index in [1.807, 2.05) is 35.2 Å². The second kappa shape index (κ2) is 10.6. The molecule has 1 aromatic carbocycles. The van der Waals surface area contributed by atoms with Crippen molar-refractivity contribution in [3.05, 3.63) is 66.0 Å². The molecule has 0 aliphatic carbocycles. The van der Waals surface area contributed by atoms with E-state index in [1.165, 1.54) is 5.56 Å². The third kappa shape index (κ3) is 5.64. The largest absolute Gasteiger partial charge is 0.379 e. The van der Waals surface area contributed by atoms with Crippen LogP contribution in [0.1, 0.15) is 30.0 Å². The maximum absolute atomic E-state index is 13.4. The molecule has 4 rings (SSSR count). The van der Waals surface area contributed by atoms with Gasteiger partial charge in [0.15, 0.2) is 0 Å². The Bertz CT molecular complexity index is 783. The first kappa shape index (κ1) is 20.9. The summed E-state index contributed by atoms with van der Waals surface area (Å²) in [5, 5.41) is 0. The van der Waals surface area contributed by atoms with Gasteiger partial charge in [0.05, 0.1) is 13.2 Å². The molecule has 0 radical (unpaired) electrons. The van der Waals surface area contributed by atoms with Crippen molar-refractivity contribution in [1.29, 1.82) is 0 Å². The van der Waals surface area contributed by atoms with Crippen LogP contribution in [0.25, 0.3) is 0 Å². The molecule has 2 N–H and O–H groups in total. The van der Waals surface area contributed by atoms with Crippen molar-refractivity contribution in [2.24, 2.45) is 0 Å². The minimum atomic E-state index is -0.222. The number of hydrazine groups is 1. The Morgan fingerprint density at radius 3 is 2.63 bits per heavy atom. The van der Waals surface area contributed by atoms with Crippen LogP contribution in [0.2, 0.25) is 0 Å². The quantitative estimate of drug-likeness (QED) is 0.692. The number of carbonyl (C=O) groups is 1. The summed E-state index contributed by atoms with van der Waals surface area (Å²) in [5.74, 6) is 0.153. The van der Waals surface area contributed by atoms with Crippen LogP contribution in [-0.4, -0.2) is 66.1 Å². The molecule has 1 amide bonds. The Hall–Kier alpha value is -2.32. The Morgan fingerprint density at radius 1 is 1.10 bits per heavy atom. The van der Waals surface area contributed by atoms with Gasteiger partial charge in [0, 0.05) is 51.2 Å². The van der Waals surface area contributed by atoms with E-state index in [2.05, 4.69) is 32.9 Å². The smallest absolute Gasteiger partial charge is 0.241 e. The van der Waals surface area contributed by atoms with Crippen LogP contribution in [-0.2, 0) is 16.1 Å². The summed E-state index contributed by atoms with van der Waals surface area (Å²) < 4.78 is 5.43. The van der Waals surface area contributed by atoms with E-state index in [0.29, 0.717) is 6.54 Å². The summed E-state index contributed by atoms with van der Waals surface area (Å²) in [5.41, 5.74) is 8.84. The molecule has 160 valence electrons. The minimum absolute atomic E-state index is 0.149. The fourth-order valence-corrected chi connectivity index (χ4v) is 4.13. The van der Waals surface area contributed by atoms with Crippen LogP contribution >= 0.6 is 0 Å². The lowest BCUT2D eigenvalue weighted by atomic mass is 10.0. The van der Waals surface area contributed by atoms with Gasteiger partial charge in [-0.25, -0.2) is 10.9 Å². The van der Waals surface area contributed by atoms with Crippen LogP contribution in [0.15, 0.2) is 54.9 Å². The molecule has 30 heavy (non-hydrogen) atoms. The van der Waals surface area contributed by atoms with Gasteiger partial charge >= 0.3 is 0 Å². The fourth-order valence-electron chi connectivity index (χ4n) is 4.13. The number of hydrogen-bond acceptors (Lipinski definition) is 6. The monoisotopic (exact) mass is 409 g/mol. The summed E-state index contributed by atoms with van der Waals surface area (Å²) in [6.45, 7) is 5.91. The Balaban J connectivity index is 1.37. The van der Waals surface area contributed by atoms with Gasteiger partial charge in [-0.2, -0.15) is 0 Å². The van der Waals surface area contributed by atoms with Gasteiger partial charge < -0.3 is 9.64 Å². The van der Waals surface area contributed by atoms with Gasteiger partial charge in [-0.15, -0.1) is 0 Å².